The highest BCUT2D eigenvalue weighted by Crippen LogP contribution is 2.48. The largest absolute Gasteiger partial charge is 0.457 e. The van der Waals surface area contributed by atoms with Crippen molar-refractivity contribution in [2.45, 2.75) is 30.0 Å². The number of rotatable bonds is 5. The van der Waals surface area contributed by atoms with Gasteiger partial charge in [0.25, 0.3) is 0 Å². The van der Waals surface area contributed by atoms with Crippen LogP contribution in [0.5, 0.6) is 11.5 Å². The van der Waals surface area contributed by atoms with Crippen LogP contribution in [0.1, 0.15) is 46.8 Å². The summed E-state index contributed by atoms with van der Waals surface area (Å²) in [4.78, 5) is 0. The lowest BCUT2D eigenvalue weighted by Gasteiger charge is -2.34. The Morgan fingerprint density at radius 3 is 1.94 bits per heavy atom. The summed E-state index contributed by atoms with van der Waals surface area (Å²) in [6, 6.07) is 33.3. The van der Waals surface area contributed by atoms with Crippen LogP contribution in [-0.4, -0.2) is 0 Å². The number of ether oxygens (including phenoxy) is 1. The molecule has 0 saturated carbocycles. The molecule has 0 bridgehead atoms. The van der Waals surface area contributed by atoms with Crippen LogP contribution >= 0.6 is 11.8 Å². The summed E-state index contributed by atoms with van der Waals surface area (Å²) in [5, 5.41) is -0.358. The van der Waals surface area contributed by atoms with Crippen LogP contribution in [0.3, 0.4) is 0 Å². The first-order chi connectivity index (χ1) is 15.9. The lowest BCUT2D eigenvalue weighted by Crippen LogP contribution is -2.24. The van der Waals surface area contributed by atoms with Crippen molar-refractivity contribution in [3.63, 3.8) is 0 Å². The van der Waals surface area contributed by atoms with Crippen molar-refractivity contribution >= 4 is 11.8 Å². The Balaban J connectivity index is 1.36. The first kappa shape index (κ1) is 21.8. The Labute approximate surface area is 199 Å². The molecule has 2 unspecified atom stereocenters. The highest BCUT2D eigenvalue weighted by atomic mass is 32.2. The van der Waals surface area contributed by atoms with Crippen molar-refractivity contribution in [1.29, 1.82) is 0 Å². The summed E-state index contributed by atoms with van der Waals surface area (Å²) >= 11 is 1.55. The molecule has 4 aromatic rings. The third-order valence-electron chi connectivity index (χ3n) is 6.43. The quantitative estimate of drug-likeness (QED) is 0.316. The second-order valence-corrected chi connectivity index (χ2v) is 10.2. The normalized spacial score (nSPS) is 15.6. The maximum atomic E-state index is 6.45. The lowest BCUT2D eigenvalue weighted by molar-refractivity contribution is 0.418. The van der Waals surface area contributed by atoms with Crippen LogP contribution in [0, 0.1) is 0 Å². The van der Waals surface area contributed by atoms with E-state index in [0.29, 0.717) is 0 Å². The van der Waals surface area contributed by atoms with Crippen molar-refractivity contribution in [1.82, 2.24) is 0 Å². The summed E-state index contributed by atoms with van der Waals surface area (Å²) < 4.78 is 6.29. The van der Waals surface area contributed by atoms with E-state index in [1.807, 2.05) is 42.5 Å². The molecule has 0 radical (unpaired) electrons. The number of fused-ring (bicyclic) bond motifs is 2. The molecule has 1 aliphatic rings. The molecular formula is C29H28N2OS. The van der Waals surface area contributed by atoms with E-state index >= 15 is 0 Å². The molecule has 4 N–H and O–H groups in total. The monoisotopic (exact) mass is 452 g/mol. The molecule has 3 nitrogen and oxygen atoms in total. The molecule has 0 aliphatic carbocycles. The zero-order valence-corrected chi connectivity index (χ0v) is 19.7. The van der Waals surface area contributed by atoms with Gasteiger partial charge in [0, 0.05) is 16.5 Å². The number of para-hydroxylation sites is 1. The van der Waals surface area contributed by atoms with Crippen LogP contribution in [0.25, 0.3) is 11.1 Å². The average molecular weight is 453 g/mol. The Kier molecular flexibility index (Phi) is 5.75. The van der Waals surface area contributed by atoms with Crippen LogP contribution in [0.15, 0.2) is 97.1 Å². The van der Waals surface area contributed by atoms with Gasteiger partial charge in [-0.05, 0) is 34.4 Å². The molecule has 166 valence electrons. The molecule has 33 heavy (non-hydrogen) atoms. The lowest BCUT2D eigenvalue weighted by atomic mass is 9.75. The van der Waals surface area contributed by atoms with Crippen LogP contribution in [-0.2, 0) is 5.41 Å². The van der Waals surface area contributed by atoms with Gasteiger partial charge in [-0.2, -0.15) is 0 Å². The van der Waals surface area contributed by atoms with E-state index in [-0.39, 0.29) is 16.2 Å². The number of benzene rings is 4. The van der Waals surface area contributed by atoms with Gasteiger partial charge in [0.2, 0.25) is 0 Å². The van der Waals surface area contributed by atoms with Gasteiger partial charge in [-0.3, -0.25) is 0 Å². The third-order valence-corrected chi connectivity index (χ3v) is 7.56. The molecule has 1 aliphatic heterocycles. The van der Waals surface area contributed by atoms with E-state index in [1.54, 1.807) is 11.8 Å². The van der Waals surface area contributed by atoms with E-state index in [4.69, 9.17) is 16.2 Å². The fourth-order valence-electron chi connectivity index (χ4n) is 4.46. The number of hydrogen-bond acceptors (Lipinski definition) is 4. The summed E-state index contributed by atoms with van der Waals surface area (Å²) in [5.74, 6) is 1.85. The number of nitrogens with two attached hydrogens (primary N) is 2. The Hall–Kier alpha value is -3.05. The van der Waals surface area contributed by atoms with Crippen molar-refractivity contribution in [2.24, 2.45) is 11.5 Å². The molecule has 0 aromatic heterocycles. The zero-order valence-electron chi connectivity index (χ0n) is 18.9. The SMILES string of the molecule is CC1(C)c2ccccc2Oc2cc(-c3ccc(C(N)SC(N)c4ccccc4)cc3)ccc21. The molecular weight excluding hydrogens is 424 g/mol. The fourth-order valence-corrected chi connectivity index (χ4v) is 5.41. The molecule has 0 saturated heterocycles. The van der Waals surface area contributed by atoms with E-state index in [2.05, 4.69) is 68.4 Å². The molecule has 2 atom stereocenters. The van der Waals surface area contributed by atoms with Crippen LogP contribution in [0.4, 0.5) is 0 Å². The highest BCUT2D eigenvalue weighted by Gasteiger charge is 2.33. The molecule has 1 heterocycles. The molecule has 4 aromatic carbocycles. The summed E-state index contributed by atoms with van der Waals surface area (Å²) in [6.07, 6.45) is 0. The Morgan fingerprint density at radius 1 is 0.636 bits per heavy atom. The van der Waals surface area contributed by atoms with Crippen molar-refractivity contribution < 1.29 is 4.74 Å². The Morgan fingerprint density at radius 2 is 1.21 bits per heavy atom. The van der Waals surface area contributed by atoms with Gasteiger partial charge in [-0.25, -0.2) is 0 Å². The van der Waals surface area contributed by atoms with Gasteiger partial charge in [0.1, 0.15) is 11.5 Å². The summed E-state index contributed by atoms with van der Waals surface area (Å²) in [5.41, 5.74) is 19.5. The molecule has 0 spiro atoms. The average Bonchev–Trinajstić information content (AvgIpc) is 2.84. The van der Waals surface area contributed by atoms with Gasteiger partial charge in [-0.15, -0.1) is 11.8 Å². The predicted octanol–water partition coefficient (Wildman–Crippen LogP) is 7.13. The van der Waals surface area contributed by atoms with Gasteiger partial charge in [-0.1, -0.05) is 98.8 Å². The maximum Gasteiger partial charge on any atom is 0.132 e. The minimum absolute atomic E-state index is 0.103. The summed E-state index contributed by atoms with van der Waals surface area (Å²) in [6.45, 7) is 4.50. The third kappa shape index (κ3) is 4.18. The van der Waals surface area contributed by atoms with Crippen molar-refractivity contribution in [3.05, 3.63) is 119 Å². The zero-order chi connectivity index (χ0) is 23.0. The van der Waals surface area contributed by atoms with E-state index in [1.165, 1.54) is 11.1 Å². The van der Waals surface area contributed by atoms with E-state index in [0.717, 1.165) is 33.8 Å². The second kappa shape index (κ2) is 8.71. The van der Waals surface area contributed by atoms with Gasteiger partial charge in [0.15, 0.2) is 0 Å². The highest BCUT2D eigenvalue weighted by molar-refractivity contribution is 7.99. The number of hydrogen-bond donors (Lipinski definition) is 2. The standard InChI is InChI=1S/C29H28N2OS/c1-29(2)23-10-6-7-11-25(23)32-26-18-22(16-17-24(26)29)19-12-14-21(15-13-19)28(31)33-27(30)20-8-4-3-5-9-20/h3-18,27-28H,30-31H2,1-2H3. The molecule has 0 amide bonds. The van der Waals surface area contributed by atoms with Crippen LogP contribution in [0.2, 0.25) is 0 Å². The van der Waals surface area contributed by atoms with Crippen LogP contribution < -0.4 is 16.2 Å². The number of thioether (sulfide) groups is 1. The smallest absolute Gasteiger partial charge is 0.132 e. The first-order valence-corrected chi connectivity index (χ1v) is 12.1. The fraction of sp³-hybridized carbons (Fsp3) is 0.172. The van der Waals surface area contributed by atoms with Gasteiger partial charge < -0.3 is 16.2 Å². The molecule has 0 fully saturated rings. The topological polar surface area (TPSA) is 61.3 Å². The minimum atomic E-state index is -0.196. The minimum Gasteiger partial charge on any atom is -0.457 e. The van der Waals surface area contributed by atoms with E-state index in [9.17, 15) is 0 Å². The van der Waals surface area contributed by atoms with E-state index < -0.39 is 0 Å². The predicted molar refractivity (Wildman–Crippen MR) is 138 cm³/mol. The molecule has 5 rings (SSSR count). The van der Waals surface area contributed by atoms with Crippen molar-refractivity contribution in [2.75, 3.05) is 0 Å². The Bertz CT molecular complexity index is 1270. The first-order valence-electron chi connectivity index (χ1n) is 11.2. The van der Waals surface area contributed by atoms with Gasteiger partial charge in [0.05, 0.1) is 10.7 Å². The maximum absolute atomic E-state index is 6.45. The summed E-state index contributed by atoms with van der Waals surface area (Å²) in [7, 11) is 0. The van der Waals surface area contributed by atoms with Crippen molar-refractivity contribution in [3.8, 4) is 22.6 Å². The second-order valence-electron chi connectivity index (χ2n) is 8.94. The molecule has 4 heteroatoms. The van der Waals surface area contributed by atoms with Gasteiger partial charge >= 0.3 is 0 Å².